The van der Waals surface area contributed by atoms with Crippen LogP contribution in [0.15, 0.2) is 11.6 Å². The zero-order valence-corrected chi connectivity index (χ0v) is 5.59. The Morgan fingerprint density at radius 3 is 2.33 bits per heavy atom. The van der Waals surface area contributed by atoms with Crippen LogP contribution >= 0.6 is 0 Å². The zero-order valence-electron chi connectivity index (χ0n) is 5.59. The highest BCUT2D eigenvalue weighted by Crippen LogP contribution is 2.20. The van der Waals surface area contributed by atoms with Crippen molar-refractivity contribution < 1.29 is 9.90 Å². The van der Waals surface area contributed by atoms with E-state index in [1.807, 2.05) is 0 Å². The minimum Gasteiger partial charge on any atom is -0.388 e. The summed E-state index contributed by atoms with van der Waals surface area (Å²) in [7, 11) is 0. The molecule has 1 rings (SSSR count). The molecule has 0 fully saturated rings. The number of aliphatic hydroxyl groups is 1. The predicted octanol–water partition coefficient (Wildman–Crippen LogP) is 0.512. The summed E-state index contributed by atoms with van der Waals surface area (Å²) in [5.74, 6) is -0.176. The van der Waals surface area contributed by atoms with Crippen molar-refractivity contribution in [1.82, 2.24) is 0 Å². The first kappa shape index (κ1) is 6.49. The van der Waals surface area contributed by atoms with Crippen LogP contribution in [-0.4, -0.2) is 17.0 Å². The predicted molar refractivity (Wildman–Crippen MR) is 33.9 cm³/mol. The summed E-state index contributed by atoms with van der Waals surface area (Å²) in [5, 5.41) is 9.15. The highest BCUT2D eigenvalue weighted by Gasteiger charge is 2.27. The van der Waals surface area contributed by atoms with Crippen LogP contribution in [0.25, 0.3) is 0 Å². The van der Waals surface area contributed by atoms with E-state index in [-0.39, 0.29) is 11.7 Å². The van der Waals surface area contributed by atoms with Crippen molar-refractivity contribution >= 4 is 5.78 Å². The second-order valence-corrected chi connectivity index (χ2v) is 2.52. The molecule has 0 spiro atoms. The number of hydrogen-bond donors (Lipinski definition) is 1. The quantitative estimate of drug-likeness (QED) is 0.513. The minimum atomic E-state index is -0.530. The van der Waals surface area contributed by atoms with E-state index in [2.05, 4.69) is 0 Å². The molecule has 0 radical (unpaired) electrons. The van der Waals surface area contributed by atoms with Crippen LogP contribution in [-0.2, 0) is 4.79 Å². The van der Waals surface area contributed by atoms with Crippen LogP contribution in [0.5, 0.6) is 0 Å². The topological polar surface area (TPSA) is 37.3 Å². The number of hydrogen-bond acceptors (Lipinski definition) is 2. The fraction of sp³-hybridized carbons (Fsp3) is 0.571. The average Bonchev–Trinajstić information content (AvgIpc) is 1.98. The van der Waals surface area contributed by atoms with Crippen molar-refractivity contribution in [2.45, 2.75) is 20.0 Å². The second kappa shape index (κ2) is 1.95. The van der Waals surface area contributed by atoms with Crippen molar-refractivity contribution in [2.75, 3.05) is 0 Å². The highest BCUT2D eigenvalue weighted by atomic mass is 16.3. The lowest BCUT2D eigenvalue weighted by Crippen LogP contribution is -2.17. The molecule has 0 saturated carbocycles. The molecule has 2 atom stereocenters. The fourth-order valence-electron chi connectivity index (χ4n) is 0.991. The molecular formula is C7H10O2. The molecule has 2 nitrogen and oxygen atoms in total. The van der Waals surface area contributed by atoms with E-state index in [4.69, 9.17) is 5.11 Å². The van der Waals surface area contributed by atoms with Crippen molar-refractivity contribution in [3.63, 3.8) is 0 Å². The van der Waals surface area contributed by atoms with Gasteiger partial charge in [0.25, 0.3) is 0 Å². The molecule has 0 bridgehead atoms. The van der Waals surface area contributed by atoms with Crippen LogP contribution < -0.4 is 0 Å². The van der Waals surface area contributed by atoms with Crippen molar-refractivity contribution in [2.24, 2.45) is 5.92 Å². The lowest BCUT2D eigenvalue weighted by Gasteiger charge is -2.07. The third-order valence-electron chi connectivity index (χ3n) is 1.76. The lowest BCUT2D eigenvalue weighted by molar-refractivity contribution is -0.118. The Hall–Kier alpha value is -0.630. The summed E-state index contributed by atoms with van der Waals surface area (Å²) in [6.45, 7) is 3.51. The molecule has 0 amide bonds. The second-order valence-electron chi connectivity index (χ2n) is 2.52. The number of rotatable bonds is 0. The monoisotopic (exact) mass is 126 g/mol. The molecule has 50 valence electrons. The van der Waals surface area contributed by atoms with Crippen molar-refractivity contribution in [1.29, 1.82) is 0 Å². The third kappa shape index (κ3) is 0.900. The minimum absolute atomic E-state index is 0.0417. The maximum atomic E-state index is 10.8. The SMILES string of the molecule is CC1=CC(=O)C(C)C1O. The molecule has 0 saturated heterocycles. The molecule has 0 aromatic carbocycles. The Morgan fingerprint density at radius 2 is 2.22 bits per heavy atom. The Kier molecular flexibility index (Phi) is 1.41. The van der Waals surface area contributed by atoms with Gasteiger partial charge in [0.2, 0.25) is 0 Å². The third-order valence-corrected chi connectivity index (χ3v) is 1.76. The van der Waals surface area contributed by atoms with E-state index < -0.39 is 6.10 Å². The van der Waals surface area contributed by atoms with Gasteiger partial charge in [-0.3, -0.25) is 4.79 Å². The summed E-state index contributed by atoms with van der Waals surface area (Å²) in [6, 6.07) is 0. The van der Waals surface area contributed by atoms with Crippen molar-refractivity contribution in [3.8, 4) is 0 Å². The van der Waals surface area contributed by atoms with Crippen LogP contribution in [0.3, 0.4) is 0 Å². The van der Waals surface area contributed by atoms with Gasteiger partial charge < -0.3 is 5.11 Å². The smallest absolute Gasteiger partial charge is 0.161 e. The summed E-state index contributed by atoms with van der Waals surface area (Å²) < 4.78 is 0. The molecular weight excluding hydrogens is 116 g/mol. The first-order valence-electron chi connectivity index (χ1n) is 3.03. The number of aliphatic hydroxyl groups excluding tert-OH is 1. The van der Waals surface area contributed by atoms with Gasteiger partial charge in [-0.2, -0.15) is 0 Å². The van der Waals surface area contributed by atoms with E-state index >= 15 is 0 Å². The summed E-state index contributed by atoms with van der Waals surface area (Å²) >= 11 is 0. The summed E-state index contributed by atoms with van der Waals surface area (Å²) in [6.07, 6.45) is 0.979. The molecule has 1 N–H and O–H groups in total. The Balaban J connectivity index is 2.82. The Bertz CT molecular complexity index is 170. The van der Waals surface area contributed by atoms with E-state index in [0.717, 1.165) is 5.57 Å². The normalized spacial score (nSPS) is 35.0. The van der Waals surface area contributed by atoms with Gasteiger partial charge in [-0.15, -0.1) is 0 Å². The van der Waals surface area contributed by atoms with Crippen LogP contribution in [0.4, 0.5) is 0 Å². The van der Waals surface area contributed by atoms with Gasteiger partial charge >= 0.3 is 0 Å². The summed E-state index contributed by atoms with van der Waals surface area (Å²) in [4.78, 5) is 10.8. The van der Waals surface area contributed by atoms with E-state index in [1.54, 1.807) is 13.8 Å². The molecule has 1 aliphatic rings. The summed E-state index contributed by atoms with van der Waals surface area (Å²) in [5.41, 5.74) is 0.785. The number of allylic oxidation sites excluding steroid dienone is 1. The van der Waals surface area contributed by atoms with Gasteiger partial charge in [0, 0.05) is 5.92 Å². The standard InChI is InChI=1S/C7H10O2/c1-4-3-6(8)5(2)7(4)9/h3,5,7,9H,1-2H3. The molecule has 2 heteroatoms. The molecule has 2 unspecified atom stereocenters. The van der Waals surface area contributed by atoms with Crippen LogP contribution in [0.2, 0.25) is 0 Å². The number of carbonyl (C=O) groups is 1. The molecule has 1 aliphatic carbocycles. The van der Waals surface area contributed by atoms with Gasteiger partial charge in [-0.1, -0.05) is 6.92 Å². The largest absolute Gasteiger partial charge is 0.388 e. The highest BCUT2D eigenvalue weighted by molar-refractivity contribution is 5.95. The van der Waals surface area contributed by atoms with Gasteiger partial charge in [0.15, 0.2) is 5.78 Å². The number of carbonyl (C=O) groups excluding carboxylic acids is 1. The van der Waals surface area contributed by atoms with Gasteiger partial charge in [-0.25, -0.2) is 0 Å². The molecule has 0 heterocycles. The van der Waals surface area contributed by atoms with Gasteiger partial charge in [0.05, 0.1) is 6.10 Å². The Morgan fingerprint density at radius 1 is 1.67 bits per heavy atom. The average molecular weight is 126 g/mol. The maximum Gasteiger partial charge on any atom is 0.161 e. The van der Waals surface area contributed by atoms with Gasteiger partial charge in [-0.05, 0) is 18.6 Å². The van der Waals surface area contributed by atoms with Crippen molar-refractivity contribution in [3.05, 3.63) is 11.6 Å². The van der Waals surface area contributed by atoms with Gasteiger partial charge in [0.1, 0.15) is 0 Å². The van der Waals surface area contributed by atoms with E-state index in [1.165, 1.54) is 6.08 Å². The molecule has 0 aliphatic heterocycles. The Labute approximate surface area is 54.2 Å². The van der Waals surface area contributed by atoms with E-state index in [0.29, 0.717) is 0 Å². The molecule has 0 aromatic rings. The maximum absolute atomic E-state index is 10.8. The lowest BCUT2D eigenvalue weighted by atomic mass is 10.1. The zero-order chi connectivity index (χ0) is 7.02. The first-order valence-corrected chi connectivity index (χ1v) is 3.03. The first-order chi connectivity index (χ1) is 4.13. The fourth-order valence-corrected chi connectivity index (χ4v) is 0.991. The van der Waals surface area contributed by atoms with Crippen LogP contribution in [0.1, 0.15) is 13.8 Å². The molecule has 0 aromatic heterocycles. The van der Waals surface area contributed by atoms with E-state index in [9.17, 15) is 4.79 Å². The van der Waals surface area contributed by atoms with Crippen LogP contribution in [0, 0.1) is 5.92 Å². The molecule has 9 heavy (non-hydrogen) atoms. The number of ketones is 1.